The second-order valence-electron chi connectivity index (χ2n) is 5.62. The molecular weight excluding hydrogens is 244 g/mol. The zero-order valence-corrected chi connectivity index (χ0v) is 12.5. The van der Waals surface area contributed by atoms with Crippen LogP contribution in [0.4, 0.5) is 0 Å². The minimum atomic E-state index is 0.506. The number of hydrogen-bond acceptors (Lipinski definition) is 3. The highest BCUT2D eigenvalue weighted by atomic mass is 32.2. The lowest BCUT2D eigenvalue weighted by molar-refractivity contribution is 0.0335. The Kier molecular flexibility index (Phi) is 5.83. The SMILES string of the molecule is CC(C)[C@H]1CSC(=NCCOC2CCCCC2)N1. The Bertz CT molecular complexity index is 275. The zero-order chi connectivity index (χ0) is 12.8. The molecule has 2 rings (SSSR count). The summed E-state index contributed by atoms with van der Waals surface area (Å²) in [6.45, 7) is 6.10. The van der Waals surface area contributed by atoms with Crippen molar-refractivity contribution in [2.75, 3.05) is 18.9 Å². The van der Waals surface area contributed by atoms with Crippen LogP contribution in [0, 0.1) is 5.92 Å². The summed E-state index contributed by atoms with van der Waals surface area (Å²) < 4.78 is 5.87. The number of amidine groups is 1. The van der Waals surface area contributed by atoms with Gasteiger partial charge in [0, 0.05) is 11.8 Å². The van der Waals surface area contributed by atoms with Crippen molar-refractivity contribution < 1.29 is 4.74 Å². The molecule has 1 atom stereocenters. The average molecular weight is 270 g/mol. The fourth-order valence-corrected chi connectivity index (χ4v) is 3.68. The molecular formula is C14H26N2OS. The lowest BCUT2D eigenvalue weighted by Crippen LogP contribution is -2.31. The molecule has 18 heavy (non-hydrogen) atoms. The molecule has 1 aliphatic carbocycles. The third-order valence-corrected chi connectivity index (χ3v) is 4.81. The van der Waals surface area contributed by atoms with Crippen LogP contribution >= 0.6 is 11.8 Å². The minimum absolute atomic E-state index is 0.506. The van der Waals surface area contributed by atoms with Crippen LogP contribution in [0.15, 0.2) is 4.99 Å². The van der Waals surface area contributed by atoms with Gasteiger partial charge in [-0.3, -0.25) is 4.99 Å². The molecule has 0 unspecified atom stereocenters. The van der Waals surface area contributed by atoms with Crippen molar-refractivity contribution in [3.63, 3.8) is 0 Å². The number of thioether (sulfide) groups is 1. The average Bonchev–Trinajstić information content (AvgIpc) is 2.85. The molecule has 0 bridgehead atoms. The molecule has 1 saturated heterocycles. The van der Waals surface area contributed by atoms with E-state index < -0.39 is 0 Å². The van der Waals surface area contributed by atoms with Crippen LogP contribution in [0.5, 0.6) is 0 Å². The molecule has 0 radical (unpaired) electrons. The van der Waals surface area contributed by atoms with Crippen LogP contribution < -0.4 is 5.32 Å². The quantitative estimate of drug-likeness (QED) is 0.780. The molecule has 4 heteroatoms. The summed E-state index contributed by atoms with van der Waals surface area (Å²) >= 11 is 1.85. The smallest absolute Gasteiger partial charge is 0.156 e. The molecule has 0 aromatic heterocycles. The number of nitrogens with zero attached hydrogens (tertiary/aromatic N) is 1. The van der Waals surface area contributed by atoms with E-state index >= 15 is 0 Å². The Balaban J connectivity index is 1.60. The van der Waals surface area contributed by atoms with Gasteiger partial charge in [-0.2, -0.15) is 0 Å². The molecule has 3 nitrogen and oxygen atoms in total. The van der Waals surface area contributed by atoms with Gasteiger partial charge < -0.3 is 10.1 Å². The van der Waals surface area contributed by atoms with Gasteiger partial charge in [0.05, 0.1) is 19.3 Å². The largest absolute Gasteiger partial charge is 0.376 e. The molecule has 1 saturated carbocycles. The fourth-order valence-electron chi connectivity index (χ4n) is 2.46. The lowest BCUT2D eigenvalue weighted by Gasteiger charge is -2.21. The molecule has 1 heterocycles. The Morgan fingerprint density at radius 3 is 2.78 bits per heavy atom. The molecule has 104 valence electrons. The first-order valence-corrected chi connectivity index (χ1v) is 8.29. The van der Waals surface area contributed by atoms with Gasteiger partial charge in [0.1, 0.15) is 0 Å². The topological polar surface area (TPSA) is 33.6 Å². The van der Waals surface area contributed by atoms with Crippen molar-refractivity contribution in [1.82, 2.24) is 5.32 Å². The van der Waals surface area contributed by atoms with Gasteiger partial charge in [-0.05, 0) is 18.8 Å². The Hall–Kier alpha value is -0.220. The third-order valence-electron chi connectivity index (χ3n) is 3.77. The predicted octanol–water partition coefficient (Wildman–Crippen LogP) is 3.05. The van der Waals surface area contributed by atoms with Gasteiger partial charge in [-0.15, -0.1) is 0 Å². The van der Waals surface area contributed by atoms with E-state index in [-0.39, 0.29) is 0 Å². The lowest BCUT2D eigenvalue weighted by atomic mass is 9.98. The van der Waals surface area contributed by atoms with Gasteiger partial charge in [-0.25, -0.2) is 0 Å². The maximum Gasteiger partial charge on any atom is 0.156 e. The monoisotopic (exact) mass is 270 g/mol. The van der Waals surface area contributed by atoms with Crippen molar-refractivity contribution in [3.8, 4) is 0 Å². The standard InChI is InChI=1S/C14H26N2OS/c1-11(2)13-10-18-14(16-13)15-8-9-17-12-6-4-3-5-7-12/h11-13H,3-10H2,1-2H3,(H,15,16)/t13-/m1/s1. The summed E-state index contributed by atoms with van der Waals surface area (Å²) in [7, 11) is 0. The maximum absolute atomic E-state index is 5.87. The number of hydrogen-bond donors (Lipinski definition) is 1. The van der Waals surface area contributed by atoms with E-state index in [2.05, 4.69) is 24.2 Å². The van der Waals surface area contributed by atoms with Crippen LogP contribution in [-0.4, -0.2) is 36.2 Å². The van der Waals surface area contributed by atoms with Crippen LogP contribution in [0.25, 0.3) is 0 Å². The summed E-state index contributed by atoms with van der Waals surface area (Å²) in [5.41, 5.74) is 0. The minimum Gasteiger partial charge on any atom is -0.376 e. The molecule has 2 aliphatic rings. The van der Waals surface area contributed by atoms with Crippen molar-refractivity contribution in [3.05, 3.63) is 0 Å². The Morgan fingerprint density at radius 1 is 1.33 bits per heavy atom. The summed E-state index contributed by atoms with van der Waals surface area (Å²) in [4.78, 5) is 4.58. The van der Waals surface area contributed by atoms with E-state index in [1.54, 1.807) is 0 Å². The third kappa shape index (κ3) is 4.47. The van der Waals surface area contributed by atoms with Gasteiger partial charge >= 0.3 is 0 Å². The number of rotatable bonds is 5. The van der Waals surface area contributed by atoms with Crippen molar-refractivity contribution in [2.24, 2.45) is 10.9 Å². The van der Waals surface area contributed by atoms with Crippen LogP contribution in [0.1, 0.15) is 46.0 Å². The Labute approximate surface area is 115 Å². The van der Waals surface area contributed by atoms with E-state index in [9.17, 15) is 0 Å². The highest BCUT2D eigenvalue weighted by Crippen LogP contribution is 2.20. The van der Waals surface area contributed by atoms with Crippen LogP contribution in [0.3, 0.4) is 0 Å². The first-order valence-electron chi connectivity index (χ1n) is 7.31. The highest BCUT2D eigenvalue weighted by Gasteiger charge is 2.22. The molecule has 0 aromatic carbocycles. The summed E-state index contributed by atoms with van der Waals surface area (Å²) in [5.74, 6) is 1.84. The molecule has 1 N–H and O–H groups in total. The van der Waals surface area contributed by atoms with E-state index in [4.69, 9.17) is 4.74 Å². The van der Waals surface area contributed by atoms with E-state index in [1.807, 2.05) is 11.8 Å². The van der Waals surface area contributed by atoms with E-state index in [0.717, 1.165) is 24.1 Å². The number of nitrogens with one attached hydrogen (secondary N) is 1. The zero-order valence-electron chi connectivity index (χ0n) is 11.7. The molecule has 0 spiro atoms. The normalized spacial score (nSPS) is 27.9. The number of ether oxygens (including phenoxy) is 1. The molecule has 0 aromatic rings. The van der Waals surface area contributed by atoms with Gasteiger partial charge in [0.25, 0.3) is 0 Å². The van der Waals surface area contributed by atoms with Gasteiger partial charge in [0.2, 0.25) is 0 Å². The fraction of sp³-hybridized carbons (Fsp3) is 0.929. The van der Waals surface area contributed by atoms with E-state index in [0.29, 0.717) is 18.1 Å². The summed E-state index contributed by atoms with van der Waals surface area (Å²) in [6, 6.07) is 0.591. The predicted molar refractivity (Wildman–Crippen MR) is 79.3 cm³/mol. The second kappa shape index (κ2) is 7.39. The first kappa shape index (κ1) is 14.2. The van der Waals surface area contributed by atoms with Crippen LogP contribution in [0.2, 0.25) is 0 Å². The maximum atomic E-state index is 5.87. The van der Waals surface area contributed by atoms with E-state index in [1.165, 1.54) is 32.1 Å². The van der Waals surface area contributed by atoms with Crippen molar-refractivity contribution in [1.29, 1.82) is 0 Å². The second-order valence-corrected chi connectivity index (χ2v) is 6.63. The Morgan fingerprint density at radius 2 is 2.11 bits per heavy atom. The summed E-state index contributed by atoms with van der Waals surface area (Å²) in [6.07, 6.45) is 7.07. The van der Waals surface area contributed by atoms with Gasteiger partial charge in [0.15, 0.2) is 5.17 Å². The molecule has 2 fully saturated rings. The van der Waals surface area contributed by atoms with Gasteiger partial charge in [-0.1, -0.05) is 44.9 Å². The molecule has 1 aliphatic heterocycles. The highest BCUT2D eigenvalue weighted by molar-refractivity contribution is 8.14. The summed E-state index contributed by atoms with van der Waals surface area (Å²) in [5, 5.41) is 4.60. The number of aliphatic imine (C=N–C) groups is 1. The molecule has 0 amide bonds. The van der Waals surface area contributed by atoms with Crippen molar-refractivity contribution >= 4 is 16.9 Å². The first-order chi connectivity index (χ1) is 8.75. The van der Waals surface area contributed by atoms with Crippen molar-refractivity contribution in [2.45, 2.75) is 58.1 Å². The van der Waals surface area contributed by atoms with Crippen LogP contribution in [-0.2, 0) is 4.74 Å².